The number of aromatic nitrogens is 2. The molecule has 0 aliphatic carbocycles. The van der Waals surface area contributed by atoms with Crippen molar-refractivity contribution < 1.29 is 4.74 Å². The van der Waals surface area contributed by atoms with E-state index >= 15 is 0 Å². The lowest BCUT2D eigenvalue weighted by molar-refractivity contribution is 0.199. The molecule has 4 nitrogen and oxygen atoms in total. The lowest BCUT2D eigenvalue weighted by Gasteiger charge is -2.01. The van der Waals surface area contributed by atoms with E-state index in [9.17, 15) is 0 Å². The van der Waals surface area contributed by atoms with Crippen LogP contribution in [0.4, 0.5) is 0 Å². The first-order valence-electron chi connectivity index (χ1n) is 6.88. The largest absolute Gasteiger partial charge is 0.383 e. The highest BCUT2D eigenvalue weighted by atomic mass is 32.1. The number of nitrogens with zero attached hydrogens (tertiary/aromatic N) is 2. The number of methoxy groups -OCH3 is 1. The summed E-state index contributed by atoms with van der Waals surface area (Å²) in [5, 5.41) is 14.0. The number of nitrogens with one attached hydrogen (secondary N) is 1. The summed E-state index contributed by atoms with van der Waals surface area (Å²) in [5.74, 6) is 0. The van der Waals surface area contributed by atoms with Crippen molar-refractivity contribution in [3.05, 3.63) is 34.8 Å². The summed E-state index contributed by atoms with van der Waals surface area (Å²) in [5.41, 5.74) is 2.41. The Morgan fingerprint density at radius 2 is 1.95 bits per heavy atom. The molecule has 0 aliphatic heterocycles. The molecule has 0 aliphatic rings. The van der Waals surface area contributed by atoms with Gasteiger partial charge in [-0.15, -0.1) is 10.2 Å². The first-order valence-corrected chi connectivity index (χ1v) is 7.70. The van der Waals surface area contributed by atoms with E-state index in [1.165, 1.54) is 5.56 Å². The second kappa shape index (κ2) is 8.09. The average Bonchev–Trinajstić information content (AvgIpc) is 2.92. The van der Waals surface area contributed by atoms with Crippen LogP contribution in [0.15, 0.2) is 24.3 Å². The predicted octanol–water partition coefficient (Wildman–Crippen LogP) is 2.68. The maximum atomic E-state index is 4.98. The molecule has 0 unspecified atom stereocenters. The lowest BCUT2D eigenvalue weighted by Crippen LogP contribution is -2.20. The predicted molar refractivity (Wildman–Crippen MR) is 83.1 cm³/mol. The number of rotatable bonds is 8. The summed E-state index contributed by atoms with van der Waals surface area (Å²) in [7, 11) is 1.72. The van der Waals surface area contributed by atoms with Crippen LogP contribution >= 0.6 is 11.3 Å². The normalized spacial score (nSPS) is 10.9. The molecule has 0 saturated heterocycles. The maximum Gasteiger partial charge on any atom is 0.147 e. The molecule has 2 aromatic rings. The first kappa shape index (κ1) is 15.1. The summed E-state index contributed by atoms with van der Waals surface area (Å²) in [6.07, 6.45) is 2.05. The van der Waals surface area contributed by atoms with Gasteiger partial charge in [-0.25, -0.2) is 0 Å². The van der Waals surface area contributed by atoms with Crippen molar-refractivity contribution in [2.45, 2.75) is 19.8 Å². The van der Waals surface area contributed by atoms with Crippen molar-refractivity contribution >= 4 is 11.3 Å². The monoisotopic (exact) mass is 291 g/mol. The van der Waals surface area contributed by atoms with Crippen LogP contribution in [-0.4, -0.2) is 37.0 Å². The molecular weight excluding hydrogens is 270 g/mol. The van der Waals surface area contributed by atoms with Gasteiger partial charge >= 0.3 is 0 Å². The van der Waals surface area contributed by atoms with Crippen molar-refractivity contribution in [3.8, 4) is 10.6 Å². The van der Waals surface area contributed by atoms with Crippen LogP contribution in [0.25, 0.3) is 10.6 Å². The quantitative estimate of drug-likeness (QED) is 0.760. The van der Waals surface area contributed by atoms with Crippen LogP contribution in [-0.2, 0) is 11.2 Å². The van der Waals surface area contributed by atoms with Crippen LogP contribution in [0.3, 0.4) is 0 Å². The molecule has 5 heteroatoms. The van der Waals surface area contributed by atoms with Gasteiger partial charge in [0.1, 0.15) is 10.0 Å². The molecule has 1 aromatic heterocycles. The molecule has 0 amide bonds. The Kier molecular flexibility index (Phi) is 6.11. The van der Waals surface area contributed by atoms with E-state index in [0.717, 1.165) is 48.1 Å². The Morgan fingerprint density at radius 3 is 2.70 bits per heavy atom. The van der Waals surface area contributed by atoms with Gasteiger partial charge in [-0.3, -0.25) is 0 Å². The number of ether oxygens (including phenoxy) is 1. The van der Waals surface area contributed by atoms with Crippen molar-refractivity contribution in [1.29, 1.82) is 0 Å². The van der Waals surface area contributed by atoms with E-state index in [4.69, 9.17) is 4.74 Å². The van der Waals surface area contributed by atoms with Gasteiger partial charge in [-0.05, 0) is 19.9 Å². The van der Waals surface area contributed by atoms with Crippen molar-refractivity contribution in [3.63, 3.8) is 0 Å². The highest BCUT2D eigenvalue weighted by Gasteiger charge is 2.06. The van der Waals surface area contributed by atoms with Crippen LogP contribution in [0.2, 0.25) is 0 Å². The van der Waals surface area contributed by atoms with Gasteiger partial charge in [0.2, 0.25) is 0 Å². The third-order valence-corrected chi connectivity index (χ3v) is 4.02. The number of hydrogen-bond donors (Lipinski definition) is 1. The van der Waals surface area contributed by atoms with E-state index in [1.54, 1.807) is 18.4 Å². The van der Waals surface area contributed by atoms with Crippen LogP contribution < -0.4 is 5.32 Å². The van der Waals surface area contributed by atoms with Gasteiger partial charge in [-0.1, -0.05) is 41.2 Å². The smallest absolute Gasteiger partial charge is 0.147 e. The third kappa shape index (κ3) is 4.67. The van der Waals surface area contributed by atoms with Crippen LogP contribution in [0, 0.1) is 6.92 Å². The van der Waals surface area contributed by atoms with E-state index in [1.807, 2.05) is 0 Å². The highest BCUT2D eigenvalue weighted by Crippen LogP contribution is 2.24. The summed E-state index contributed by atoms with van der Waals surface area (Å²) in [4.78, 5) is 0. The van der Waals surface area contributed by atoms with Crippen LogP contribution in [0.5, 0.6) is 0 Å². The third-order valence-electron chi connectivity index (χ3n) is 2.99. The van der Waals surface area contributed by atoms with E-state index in [0.29, 0.717) is 0 Å². The first-order chi connectivity index (χ1) is 9.79. The molecule has 1 heterocycles. The zero-order chi connectivity index (χ0) is 14.2. The molecule has 0 fully saturated rings. The Bertz CT molecular complexity index is 510. The van der Waals surface area contributed by atoms with E-state index in [2.05, 4.69) is 46.7 Å². The van der Waals surface area contributed by atoms with Crippen molar-refractivity contribution in [2.75, 3.05) is 26.8 Å². The molecule has 0 spiro atoms. The second-order valence-corrected chi connectivity index (χ2v) is 5.78. The standard InChI is InChI=1S/C15H21N3OS/c1-12-5-7-13(8-6-12)15-18-17-14(20-15)4-3-9-16-10-11-19-2/h5-8,16H,3-4,9-11H2,1-2H3. The molecule has 2 rings (SSSR count). The Balaban J connectivity index is 1.79. The molecule has 0 bridgehead atoms. The summed E-state index contributed by atoms with van der Waals surface area (Å²) >= 11 is 1.69. The van der Waals surface area contributed by atoms with E-state index < -0.39 is 0 Å². The van der Waals surface area contributed by atoms with Gasteiger partial charge < -0.3 is 10.1 Å². The Labute approximate surface area is 124 Å². The maximum absolute atomic E-state index is 4.98. The lowest BCUT2D eigenvalue weighted by atomic mass is 10.2. The SMILES string of the molecule is COCCNCCCc1nnc(-c2ccc(C)cc2)s1. The fraction of sp³-hybridized carbons (Fsp3) is 0.467. The molecule has 20 heavy (non-hydrogen) atoms. The summed E-state index contributed by atoms with van der Waals surface area (Å²) < 4.78 is 4.98. The molecular formula is C15H21N3OS. The second-order valence-electron chi connectivity index (χ2n) is 4.71. The minimum Gasteiger partial charge on any atom is -0.383 e. The highest BCUT2D eigenvalue weighted by molar-refractivity contribution is 7.14. The van der Waals surface area contributed by atoms with Gasteiger partial charge in [0.15, 0.2) is 0 Å². The molecule has 1 aromatic carbocycles. The minimum atomic E-state index is 0.760. The van der Waals surface area contributed by atoms with Crippen molar-refractivity contribution in [1.82, 2.24) is 15.5 Å². The zero-order valence-corrected chi connectivity index (χ0v) is 12.9. The molecule has 0 radical (unpaired) electrons. The average molecular weight is 291 g/mol. The Morgan fingerprint density at radius 1 is 1.15 bits per heavy atom. The Hall–Kier alpha value is -1.30. The molecule has 108 valence electrons. The number of aryl methyl sites for hydroxylation is 2. The van der Waals surface area contributed by atoms with Crippen molar-refractivity contribution in [2.24, 2.45) is 0 Å². The number of benzene rings is 1. The zero-order valence-electron chi connectivity index (χ0n) is 12.1. The van der Waals surface area contributed by atoms with Gasteiger partial charge in [0.05, 0.1) is 6.61 Å². The fourth-order valence-corrected chi connectivity index (χ4v) is 2.72. The molecule has 0 atom stereocenters. The fourth-order valence-electron chi connectivity index (χ4n) is 1.83. The molecule has 1 N–H and O–H groups in total. The van der Waals surface area contributed by atoms with Gasteiger partial charge in [0, 0.05) is 25.6 Å². The van der Waals surface area contributed by atoms with Gasteiger partial charge in [-0.2, -0.15) is 0 Å². The van der Waals surface area contributed by atoms with Gasteiger partial charge in [0.25, 0.3) is 0 Å². The summed E-state index contributed by atoms with van der Waals surface area (Å²) in [6.45, 7) is 4.74. The minimum absolute atomic E-state index is 0.760. The summed E-state index contributed by atoms with van der Waals surface area (Å²) in [6, 6.07) is 8.42. The number of hydrogen-bond acceptors (Lipinski definition) is 5. The molecule has 0 saturated carbocycles. The topological polar surface area (TPSA) is 47.0 Å². The van der Waals surface area contributed by atoms with Crippen LogP contribution in [0.1, 0.15) is 17.0 Å². The van der Waals surface area contributed by atoms with E-state index in [-0.39, 0.29) is 0 Å².